The fourth-order valence-corrected chi connectivity index (χ4v) is 3.48. The van der Waals surface area contributed by atoms with Crippen LogP contribution < -0.4 is 16.4 Å². The monoisotopic (exact) mass is 335 g/mol. The number of nitrogens with two attached hydrogens (primary N) is 2. The van der Waals surface area contributed by atoms with Gasteiger partial charge in [0, 0.05) is 11.6 Å². The lowest BCUT2D eigenvalue weighted by Gasteiger charge is -2.38. The highest BCUT2D eigenvalue weighted by molar-refractivity contribution is 6.05. The van der Waals surface area contributed by atoms with E-state index in [4.69, 9.17) is 11.5 Å². The lowest BCUT2D eigenvalue weighted by atomic mass is 9.89. The molecule has 130 valence electrons. The van der Waals surface area contributed by atoms with Crippen LogP contribution in [0.1, 0.15) is 44.2 Å². The Morgan fingerprint density at radius 2 is 1.68 bits per heavy atom. The van der Waals surface area contributed by atoms with Crippen molar-refractivity contribution in [2.45, 2.75) is 38.8 Å². The predicted molar refractivity (Wildman–Crippen MR) is 105 cm³/mol. The van der Waals surface area contributed by atoms with Crippen molar-refractivity contribution in [1.82, 2.24) is 0 Å². The first kappa shape index (κ1) is 17.0. The van der Waals surface area contributed by atoms with Crippen molar-refractivity contribution in [3.8, 4) is 0 Å². The zero-order chi connectivity index (χ0) is 18.0. The van der Waals surface area contributed by atoms with Crippen LogP contribution >= 0.6 is 0 Å². The van der Waals surface area contributed by atoms with E-state index in [0.29, 0.717) is 11.9 Å². The molecule has 0 radical (unpaired) electrons. The Morgan fingerprint density at radius 1 is 1.00 bits per heavy atom. The first-order valence-corrected chi connectivity index (χ1v) is 8.57. The first-order chi connectivity index (χ1) is 11.9. The first-order valence-electron chi connectivity index (χ1n) is 8.57. The van der Waals surface area contributed by atoms with E-state index in [2.05, 4.69) is 59.4 Å². The summed E-state index contributed by atoms with van der Waals surface area (Å²) in [6.45, 7) is 6.15. The molecule has 5 heteroatoms. The van der Waals surface area contributed by atoms with Gasteiger partial charge in [0.1, 0.15) is 5.66 Å². The van der Waals surface area contributed by atoms with E-state index in [-0.39, 0.29) is 5.96 Å². The van der Waals surface area contributed by atoms with Gasteiger partial charge in [-0.1, -0.05) is 49.4 Å². The summed E-state index contributed by atoms with van der Waals surface area (Å²) in [6.07, 6.45) is 1.02. The molecule has 1 aliphatic heterocycles. The fourth-order valence-electron chi connectivity index (χ4n) is 3.48. The van der Waals surface area contributed by atoms with Gasteiger partial charge in [0.05, 0.1) is 0 Å². The van der Waals surface area contributed by atoms with E-state index in [1.165, 1.54) is 11.1 Å². The largest absolute Gasteiger partial charge is 0.369 e. The molecule has 0 saturated carbocycles. The summed E-state index contributed by atoms with van der Waals surface area (Å²) in [7, 11) is 0. The van der Waals surface area contributed by atoms with Crippen molar-refractivity contribution in [2.75, 3.05) is 4.90 Å². The lowest BCUT2D eigenvalue weighted by Crippen LogP contribution is -2.54. The van der Waals surface area contributed by atoms with Crippen LogP contribution in [0.15, 0.2) is 64.6 Å². The Kier molecular flexibility index (Phi) is 4.49. The Hall–Kier alpha value is -2.82. The van der Waals surface area contributed by atoms with Crippen molar-refractivity contribution in [3.05, 3.63) is 65.7 Å². The van der Waals surface area contributed by atoms with Crippen LogP contribution in [0.25, 0.3) is 0 Å². The van der Waals surface area contributed by atoms with Gasteiger partial charge in [-0.15, -0.1) is 0 Å². The number of nitrogens with zero attached hydrogens (tertiary/aromatic N) is 3. The molecule has 0 fully saturated rings. The maximum absolute atomic E-state index is 6.16. The van der Waals surface area contributed by atoms with E-state index in [1.807, 2.05) is 30.9 Å². The molecule has 1 unspecified atom stereocenters. The van der Waals surface area contributed by atoms with Gasteiger partial charge >= 0.3 is 0 Å². The Morgan fingerprint density at radius 3 is 2.32 bits per heavy atom. The van der Waals surface area contributed by atoms with Crippen LogP contribution in [0.4, 0.5) is 5.69 Å². The third-order valence-corrected chi connectivity index (χ3v) is 4.53. The smallest absolute Gasteiger partial charge is 0.220 e. The highest BCUT2D eigenvalue weighted by atomic mass is 15.4. The standard InChI is InChI=1S/C20H25N5/c1-4-17(14-9-6-5-7-10-14)15-11-8-12-16(13-15)25-19(22)23-18(21)24-20(25,2)3/h5-13,17H,4H2,1-3H3,(H4,21,22,23,24). The van der Waals surface area contributed by atoms with Gasteiger partial charge in [-0.05, 0) is 43.5 Å². The topological polar surface area (TPSA) is 80.0 Å². The molecule has 25 heavy (non-hydrogen) atoms. The zero-order valence-corrected chi connectivity index (χ0v) is 15.0. The SMILES string of the molecule is CCC(c1ccccc1)c1cccc(N2C(N)=NC(N)=NC2(C)C)c1. The van der Waals surface area contributed by atoms with Crippen molar-refractivity contribution in [3.63, 3.8) is 0 Å². The van der Waals surface area contributed by atoms with Gasteiger partial charge in [-0.3, -0.25) is 4.90 Å². The summed E-state index contributed by atoms with van der Waals surface area (Å²) in [5, 5.41) is 0. The van der Waals surface area contributed by atoms with Gasteiger partial charge in [0.25, 0.3) is 0 Å². The van der Waals surface area contributed by atoms with Crippen LogP contribution in [-0.2, 0) is 0 Å². The van der Waals surface area contributed by atoms with Gasteiger partial charge in [0.15, 0.2) is 0 Å². The molecular weight excluding hydrogens is 310 g/mol. The lowest BCUT2D eigenvalue weighted by molar-refractivity contribution is 0.533. The van der Waals surface area contributed by atoms with E-state index in [0.717, 1.165) is 12.1 Å². The molecule has 0 aliphatic carbocycles. The highest BCUT2D eigenvalue weighted by Gasteiger charge is 2.33. The second-order valence-electron chi connectivity index (χ2n) is 6.74. The normalized spacial score (nSPS) is 17.6. The fraction of sp³-hybridized carbons (Fsp3) is 0.300. The van der Waals surface area contributed by atoms with E-state index >= 15 is 0 Å². The maximum Gasteiger partial charge on any atom is 0.220 e. The third-order valence-electron chi connectivity index (χ3n) is 4.53. The molecule has 1 heterocycles. The molecule has 3 rings (SSSR count). The van der Waals surface area contributed by atoms with Crippen molar-refractivity contribution < 1.29 is 0 Å². The van der Waals surface area contributed by atoms with Gasteiger partial charge in [-0.25, -0.2) is 4.99 Å². The number of anilines is 1. The molecule has 0 spiro atoms. The summed E-state index contributed by atoms with van der Waals surface area (Å²) in [5.74, 6) is 0.911. The number of hydrogen-bond acceptors (Lipinski definition) is 5. The average Bonchev–Trinajstić information content (AvgIpc) is 2.55. The number of rotatable bonds is 4. The van der Waals surface area contributed by atoms with Crippen LogP contribution in [0.2, 0.25) is 0 Å². The minimum absolute atomic E-state index is 0.214. The average molecular weight is 335 g/mol. The second kappa shape index (κ2) is 6.59. The minimum atomic E-state index is -0.580. The number of aliphatic imine (C=N–C) groups is 2. The quantitative estimate of drug-likeness (QED) is 0.898. The Balaban J connectivity index is 2.01. The molecule has 0 saturated heterocycles. The molecule has 4 N–H and O–H groups in total. The Bertz CT molecular complexity index is 808. The predicted octanol–water partition coefficient (Wildman–Crippen LogP) is 3.41. The molecule has 5 nitrogen and oxygen atoms in total. The molecule has 2 aromatic rings. The molecular formula is C20H25N5. The van der Waals surface area contributed by atoms with Gasteiger partial charge < -0.3 is 11.5 Å². The summed E-state index contributed by atoms with van der Waals surface area (Å²) in [6, 6.07) is 19.0. The molecule has 1 aliphatic rings. The van der Waals surface area contributed by atoms with E-state index < -0.39 is 5.66 Å². The summed E-state index contributed by atoms with van der Waals surface area (Å²) in [4.78, 5) is 10.5. The molecule has 0 amide bonds. The maximum atomic E-state index is 6.16. The van der Waals surface area contributed by atoms with Crippen LogP contribution in [0.3, 0.4) is 0 Å². The number of benzene rings is 2. The minimum Gasteiger partial charge on any atom is -0.369 e. The van der Waals surface area contributed by atoms with Gasteiger partial charge in [-0.2, -0.15) is 4.99 Å². The summed E-state index contributed by atoms with van der Waals surface area (Å²) < 4.78 is 0. The van der Waals surface area contributed by atoms with E-state index in [1.54, 1.807) is 0 Å². The second-order valence-corrected chi connectivity index (χ2v) is 6.74. The highest BCUT2D eigenvalue weighted by Crippen LogP contribution is 2.33. The molecule has 0 bridgehead atoms. The third kappa shape index (κ3) is 3.36. The number of guanidine groups is 2. The van der Waals surface area contributed by atoms with Crippen molar-refractivity contribution >= 4 is 17.6 Å². The van der Waals surface area contributed by atoms with Crippen molar-refractivity contribution in [2.24, 2.45) is 21.5 Å². The summed E-state index contributed by atoms with van der Waals surface area (Å²) in [5.41, 5.74) is 14.9. The van der Waals surface area contributed by atoms with Gasteiger partial charge in [0.2, 0.25) is 11.9 Å². The van der Waals surface area contributed by atoms with Crippen LogP contribution in [-0.4, -0.2) is 17.6 Å². The number of hydrogen-bond donors (Lipinski definition) is 2. The molecule has 1 atom stereocenters. The van der Waals surface area contributed by atoms with E-state index in [9.17, 15) is 0 Å². The van der Waals surface area contributed by atoms with Crippen molar-refractivity contribution in [1.29, 1.82) is 0 Å². The zero-order valence-electron chi connectivity index (χ0n) is 15.0. The summed E-state index contributed by atoms with van der Waals surface area (Å²) >= 11 is 0. The molecule has 2 aromatic carbocycles. The van der Waals surface area contributed by atoms with Crippen LogP contribution in [0, 0.1) is 0 Å². The van der Waals surface area contributed by atoms with Crippen LogP contribution in [0.5, 0.6) is 0 Å². The molecule has 0 aromatic heterocycles. The Labute approximate surface area is 149 Å².